The molecule has 2 N–H and O–H groups in total. The Balaban J connectivity index is 1.43. The first kappa shape index (κ1) is 20.0. The summed E-state index contributed by atoms with van der Waals surface area (Å²) in [5, 5.41) is 14.3. The van der Waals surface area contributed by atoms with Crippen molar-refractivity contribution in [3.05, 3.63) is 40.3 Å². The fourth-order valence-electron chi connectivity index (χ4n) is 3.98. The third kappa shape index (κ3) is 4.18. The Labute approximate surface area is 180 Å². The number of hydrogen-bond donors (Lipinski definition) is 2. The number of fused-ring (bicyclic) bond motifs is 1. The quantitative estimate of drug-likeness (QED) is 0.568. The number of benzene rings is 1. The van der Waals surface area contributed by atoms with E-state index in [1.165, 1.54) is 12.0 Å². The van der Waals surface area contributed by atoms with Crippen LogP contribution in [0.5, 0.6) is 5.75 Å². The Morgan fingerprint density at radius 2 is 1.83 bits per heavy atom. The summed E-state index contributed by atoms with van der Waals surface area (Å²) >= 11 is 7.31. The Morgan fingerprint density at radius 3 is 2.52 bits per heavy atom. The van der Waals surface area contributed by atoms with Crippen molar-refractivity contribution < 1.29 is 14.6 Å². The van der Waals surface area contributed by atoms with E-state index in [1.807, 2.05) is 12.1 Å². The smallest absolute Gasteiger partial charge is 0.341 e. The number of phenols is 1. The van der Waals surface area contributed by atoms with Crippen molar-refractivity contribution in [2.45, 2.75) is 25.7 Å². The van der Waals surface area contributed by atoms with Crippen LogP contribution < -0.4 is 10.2 Å². The number of nitrogens with one attached hydrogen (secondary N) is 1. The van der Waals surface area contributed by atoms with Crippen LogP contribution in [0.3, 0.4) is 0 Å². The minimum absolute atomic E-state index is 0.276. The molecule has 1 saturated heterocycles. The molecule has 0 unspecified atom stereocenters. The minimum Gasteiger partial charge on any atom is -0.508 e. The van der Waals surface area contributed by atoms with E-state index in [4.69, 9.17) is 17.0 Å². The molecule has 1 aliphatic carbocycles. The van der Waals surface area contributed by atoms with Crippen molar-refractivity contribution in [3.8, 4) is 5.75 Å². The summed E-state index contributed by atoms with van der Waals surface area (Å²) in [6.45, 7) is 3.28. The number of thiocarbonyl (C=S) groups is 1. The lowest BCUT2D eigenvalue weighted by molar-refractivity contribution is 0.0601. The van der Waals surface area contributed by atoms with Crippen LogP contribution in [0.4, 0.5) is 10.7 Å². The van der Waals surface area contributed by atoms with E-state index >= 15 is 0 Å². The van der Waals surface area contributed by atoms with Crippen LogP contribution in [0, 0.1) is 0 Å². The van der Waals surface area contributed by atoms with Crippen molar-refractivity contribution in [1.29, 1.82) is 0 Å². The minimum atomic E-state index is -0.285. The molecule has 0 saturated carbocycles. The maximum Gasteiger partial charge on any atom is 0.341 e. The van der Waals surface area contributed by atoms with Gasteiger partial charge in [-0.05, 0) is 67.7 Å². The van der Waals surface area contributed by atoms with Gasteiger partial charge in [0.15, 0.2) is 5.11 Å². The Hall–Kier alpha value is -2.32. The molecule has 1 aromatic carbocycles. The van der Waals surface area contributed by atoms with Crippen LogP contribution >= 0.6 is 23.6 Å². The second-order valence-corrected chi connectivity index (χ2v) is 8.82. The SMILES string of the molecule is COC(=O)c1c(NC(=S)N2CCN(c3ccc(O)cc3)CC2)sc2c1CCCC2. The van der Waals surface area contributed by atoms with E-state index in [0.29, 0.717) is 10.7 Å². The molecule has 1 aliphatic heterocycles. The third-order valence-corrected chi connectivity index (χ3v) is 7.13. The van der Waals surface area contributed by atoms with E-state index in [2.05, 4.69) is 15.1 Å². The summed E-state index contributed by atoms with van der Waals surface area (Å²) in [5.41, 5.74) is 2.90. The number of ether oxygens (including phenoxy) is 1. The van der Waals surface area contributed by atoms with Gasteiger partial charge in [0.05, 0.1) is 12.7 Å². The van der Waals surface area contributed by atoms with Gasteiger partial charge in [-0.15, -0.1) is 11.3 Å². The van der Waals surface area contributed by atoms with Crippen LogP contribution in [0.15, 0.2) is 24.3 Å². The molecule has 2 aliphatic rings. The predicted molar refractivity (Wildman–Crippen MR) is 120 cm³/mol. The number of rotatable bonds is 3. The first-order valence-electron chi connectivity index (χ1n) is 9.89. The number of carbonyl (C=O) groups excluding carboxylic acids is 1. The number of esters is 1. The molecule has 0 bridgehead atoms. The maximum absolute atomic E-state index is 12.4. The van der Waals surface area contributed by atoms with Gasteiger partial charge in [0.1, 0.15) is 10.8 Å². The van der Waals surface area contributed by atoms with E-state index in [0.717, 1.165) is 68.1 Å². The van der Waals surface area contributed by atoms with Gasteiger partial charge in [0, 0.05) is 36.7 Å². The van der Waals surface area contributed by atoms with Crippen LogP contribution in [0.2, 0.25) is 0 Å². The first-order valence-corrected chi connectivity index (χ1v) is 11.1. The van der Waals surface area contributed by atoms with Crippen molar-refractivity contribution in [2.75, 3.05) is 43.5 Å². The molecule has 2 aromatic rings. The maximum atomic E-state index is 12.4. The van der Waals surface area contributed by atoms with Crippen molar-refractivity contribution in [1.82, 2.24) is 4.90 Å². The molecule has 1 aromatic heterocycles. The van der Waals surface area contributed by atoms with Crippen LogP contribution in [-0.2, 0) is 17.6 Å². The highest BCUT2D eigenvalue weighted by molar-refractivity contribution is 7.80. The van der Waals surface area contributed by atoms with Crippen LogP contribution in [-0.4, -0.2) is 54.4 Å². The summed E-state index contributed by atoms with van der Waals surface area (Å²) in [4.78, 5) is 18.1. The number of carbonyl (C=O) groups is 1. The molecular formula is C21H25N3O3S2. The lowest BCUT2D eigenvalue weighted by Crippen LogP contribution is -2.50. The Bertz CT molecular complexity index is 903. The standard InChI is InChI=1S/C21H25N3O3S2/c1-27-20(26)18-16-4-2-3-5-17(16)29-19(18)22-21(28)24-12-10-23(11-13-24)14-6-8-15(25)9-7-14/h6-9,25H,2-5,10-13H2,1H3,(H,22,28). The topological polar surface area (TPSA) is 65.0 Å². The highest BCUT2D eigenvalue weighted by atomic mass is 32.1. The highest BCUT2D eigenvalue weighted by Crippen LogP contribution is 2.38. The Kier molecular flexibility index (Phi) is 5.91. The number of hydrogen-bond acceptors (Lipinski definition) is 6. The molecule has 6 nitrogen and oxygen atoms in total. The second kappa shape index (κ2) is 8.59. The van der Waals surface area contributed by atoms with Crippen molar-refractivity contribution in [2.24, 2.45) is 0 Å². The molecular weight excluding hydrogens is 406 g/mol. The van der Waals surface area contributed by atoms with Gasteiger partial charge >= 0.3 is 5.97 Å². The van der Waals surface area contributed by atoms with Gasteiger partial charge < -0.3 is 25.0 Å². The largest absolute Gasteiger partial charge is 0.508 e. The molecule has 0 spiro atoms. The molecule has 4 rings (SSSR count). The summed E-state index contributed by atoms with van der Waals surface area (Å²) in [6.07, 6.45) is 4.22. The molecule has 8 heteroatoms. The number of phenolic OH excluding ortho intramolecular Hbond substituents is 1. The third-order valence-electron chi connectivity index (χ3n) is 5.56. The summed E-state index contributed by atoms with van der Waals surface area (Å²) in [7, 11) is 1.43. The molecule has 0 amide bonds. The van der Waals surface area contributed by atoms with Crippen LogP contribution in [0.25, 0.3) is 0 Å². The van der Waals surface area contributed by atoms with Crippen molar-refractivity contribution >= 4 is 45.3 Å². The lowest BCUT2D eigenvalue weighted by atomic mass is 9.95. The average molecular weight is 432 g/mol. The van der Waals surface area contributed by atoms with Crippen LogP contribution in [0.1, 0.15) is 33.6 Å². The number of anilines is 2. The van der Waals surface area contributed by atoms with E-state index in [-0.39, 0.29) is 11.7 Å². The summed E-state index contributed by atoms with van der Waals surface area (Å²) in [5.74, 6) is -0.00957. The zero-order valence-corrected chi connectivity index (χ0v) is 18.1. The Morgan fingerprint density at radius 1 is 1.14 bits per heavy atom. The number of nitrogens with zero attached hydrogens (tertiary/aromatic N) is 2. The second-order valence-electron chi connectivity index (χ2n) is 7.33. The zero-order chi connectivity index (χ0) is 20.4. The molecule has 0 radical (unpaired) electrons. The number of thiophene rings is 1. The van der Waals surface area contributed by atoms with E-state index in [9.17, 15) is 9.90 Å². The lowest BCUT2D eigenvalue weighted by Gasteiger charge is -2.37. The monoisotopic (exact) mass is 431 g/mol. The van der Waals surface area contributed by atoms with E-state index in [1.54, 1.807) is 23.5 Å². The van der Waals surface area contributed by atoms with Gasteiger partial charge in [-0.2, -0.15) is 0 Å². The summed E-state index contributed by atoms with van der Waals surface area (Å²) < 4.78 is 5.05. The van der Waals surface area contributed by atoms with Gasteiger partial charge in [-0.3, -0.25) is 0 Å². The van der Waals surface area contributed by atoms with Gasteiger partial charge in [0.25, 0.3) is 0 Å². The first-order chi connectivity index (χ1) is 14.1. The molecule has 29 heavy (non-hydrogen) atoms. The predicted octanol–water partition coefficient (Wildman–Crippen LogP) is 3.64. The van der Waals surface area contributed by atoms with Gasteiger partial charge in [0.2, 0.25) is 0 Å². The number of aromatic hydroxyl groups is 1. The molecule has 1 fully saturated rings. The molecule has 154 valence electrons. The fourth-order valence-corrected chi connectivity index (χ4v) is 5.60. The fraction of sp³-hybridized carbons (Fsp3) is 0.429. The molecule has 2 heterocycles. The molecule has 0 atom stereocenters. The number of aryl methyl sites for hydroxylation is 1. The van der Waals surface area contributed by atoms with Gasteiger partial charge in [-0.25, -0.2) is 4.79 Å². The normalized spacial score (nSPS) is 16.3. The summed E-state index contributed by atoms with van der Waals surface area (Å²) in [6, 6.07) is 7.28. The number of piperazine rings is 1. The van der Waals surface area contributed by atoms with E-state index < -0.39 is 0 Å². The zero-order valence-electron chi connectivity index (χ0n) is 16.4. The van der Waals surface area contributed by atoms with Gasteiger partial charge in [-0.1, -0.05) is 0 Å². The average Bonchev–Trinajstić information content (AvgIpc) is 3.11. The highest BCUT2D eigenvalue weighted by Gasteiger charge is 2.27. The van der Waals surface area contributed by atoms with Crippen molar-refractivity contribution in [3.63, 3.8) is 0 Å². The number of methoxy groups -OCH3 is 1.